The highest BCUT2D eigenvalue weighted by Crippen LogP contribution is 2.37. The van der Waals surface area contributed by atoms with Gasteiger partial charge in [0.2, 0.25) is 5.95 Å². The summed E-state index contributed by atoms with van der Waals surface area (Å²) in [7, 11) is 0. The van der Waals surface area contributed by atoms with Crippen molar-refractivity contribution in [2.24, 2.45) is 0 Å². The van der Waals surface area contributed by atoms with Crippen LogP contribution < -0.4 is 0 Å². The molecule has 0 spiro atoms. The average Bonchev–Trinajstić information content (AvgIpc) is 2.34. The van der Waals surface area contributed by atoms with Crippen LogP contribution in [0.2, 0.25) is 15.1 Å². The fourth-order valence-electron chi connectivity index (χ4n) is 1.47. The van der Waals surface area contributed by atoms with Crippen LogP contribution >= 0.6 is 34.8 Å². The number of hydrogen-bond donors (Lipinski definition) is 0. The Bertz CT molecular complexity index is 631. The first kappa shape index (κ1) is 13.3. The van der Waals surface area contributed by atoms with Gasteiger partial charge in [-0.15, -0.1) is 0 Å². The van der Waals surface area contributed by atoms with E-state index < -0.39 is 5.95 Å². The molecule has 0 bridgehead atoms. The van der Waals surface area contributed by atoms with E-state index >= 15 is 0 Å². The highest BCUT2D eigenvalue weighted by Gasteiger charge is 2.14. The Balaban J connectivity index is 2.65. The Labute approximate surface area is 117 Å². The third kappa shape index (κ3) is 2.48. The van der Waals surface area contributed by atoms with Crippen molar-refractivity contribution in [2.75, 3.05) is 0 Å². The second kappa shape index (κ2) is 5.22. The molecule has 0 aliphatic carbocycles. The van der Waals surface area contributed by atoms with E-state index in [4.69, 9.17) is 34.8 Å². The van der Waals surface area contributed by atoms with Crippen LogP contribution in [0.3, 0.4) is 0 Å². The number of rotatable bonds is 2. The van der Waals surface area contributed by atoms with Gasteiger partial charge in [0.1, 0.15) is 5.69 Å². The van der Waals surface area contributed by atoms with Crippen LogP contribution in [0, 0.1) is 5.95 Å². The summed E-state index contributed by atoms with van der Waals surface area (Å²) in [6, 6.07) is 5.73. The Hall–Kier alpha value is -1.16. The molecule has 0 unspecified atom stereocenters. The fourth-order valence-corrected chi connectivity index (χ4v) is 2.17. The summed E-state index contributed by atoms with van der Waals surface area (Å²) < 4.78 is 13.8. The smallest absolute Gasteiger partial charge is 0.221 e. The van der Waals surface area contributed by atoms with Gasteiger partial charge in [-0.25, -0.2) is 4.98 Å². The first-order valence-electron chi connectivity index (χ1n) is 4.79. The van der Waals surface area contributed by atoms with E-state index in [1.165, 1.54) is 24.3 Å². The molecule has 0 radical (unpaired) electrons. The lowest BCUT2D eigenvalue weighted by atomic mass is 10.1. The summed E-state index contributed by atoms with van der Waals surface area (Å²) in [5, 5.41) is 0.733. The summed E-state index contributed by atoms with van der Waals surface area (Å²) in [6.45, 7) is 0. The van der Waals surface area contributed by atoms with E-state index in [0.717, 1.165) is 0 Å². The Morgan fingerprint density at radius 2 is 1.83 bits per heavy atom. The van der Waals surface area contributed by atoms with Crippen LogP contribution in [0.15, 0.2) is 24.3 Å². The number of aldehydes is 1. The van der Waals surface area contributed by atoms with Gasteiger partial charge in [-0.1, -0.05) is 34.8 Å². The molecule has 92 valence electrons. The van der Waals surface area contributed by atoms with Gasteiger partial charge in [0.05, 0.1) is 10.0 Å². The topological polar surface area (TPSA) is 30.0 Å². The van der Waals surface area contributed by atoms with Gasteiger partial charge in [-0.3, -0.25) is 4.79 Å². The van der Waals surface area contributed by atoms with E-state index in [1.807, 2.05) is 0 Å². The third-order valence-corrected chi connectivity index (χ3v) is 3.29. The van der Waals surface area contributed by atoms with Crippen LogP contribution in [0.25, 0.3) is 11.1 Å². The molecule has 0 atom stereocenters. The van der Waals surface area contributed by atoms with Crippen molar-refractivity contribution in [3.05, 3.63) is 51.0 Å². The normalized spacial score (nSPS) is 10.4. The zero-order chi connectivity index (χ0) is 13.3. The number of carbonyl (C=O) groups is 1. The van der Waals surface area contributed by atoms with Crippen LogP contribution in [-0.2, 0) is 0 Å². The van der Waals surface area contributed by atoms with E-state index in [9.17, 15) is 9.18 Å². The number of carbonyl (C=O) groups excluding carboxylic acids is 1. The molecule has 0 saturated carbocycles. The number of aromatic nitrogens is 1. The van der Waals surface area contributed by atoms with Crippen molar-refractivity contribution in [2.45, 2.75) is 0 Å². The van der Waals surface area contributed by atoms with Gasteiger partial charge in [-0.2, -0.15) is 4.39 Å². The number of halogens is 4. The van der Waals surface area contributed by atoms with Crippen molar-refractivity contribution < 1.29 is 9.18 Å². The van der Waals surface area contributed by atoms with Crippen molar-refractivity contribution in [3.63, 3.8) is 0 Å². The van der Waals surface area contributed by atoms with Gasteiger partial charge in [0.25, 0.3) is 0 Å². The highest BCUT2D eigenvalue weighted by molar-refractivity contribution is 6.45. The lowest BCUT2D eigenvalue weighted by Gasteiger charge is -2.08. The van der Waals surface area contributed by atoms with Gasteiger partial charge >= 0.3 is 0 Å². The maximum absolute atomic E-state index is 13.8. The molecule has 1 aromatic heterocycles. The van der Waals surface area contributed by atoms with E-state index in [1.54, 1.807) is 0 Å². The molecule has 2 nitrogen and oxygen atoms in total. The first-order valence-corrected chi connectivity index (χ1v) is 5.93. The number of benzene rings is 1. The summed E-state index contributed by atoms with van der Waals surface area (Å²) in [5.41, 5.74) is 0.465. The molecule has 6 heteroatoms. The van der Waals surface area contributed by atoms with Crippen LogP contribution in [0.5, 0.6) is 0 Å². The highest BCUT2D eigenvalue weighted by atomic mass is 35.5. The standard InChI is InChI=1S/C12H5Cl3FNO/c13-6-3-9(11(15)10(14)4-6)8-2-1-7(5-18)17-12(8)16/h1-5H. The molecule has 1 aromatic carbocycles. The van der Waals surface area contributed by atoms with Crippen LogP contribution in [0.1, 0.15) is 10.5 Å². The molecular weight excluding hydrogens is 299 g/mol. The lowest BCUT2D eigenvalue weighted by molar-refractivity contribution is 0.111. The second-order valence-corrected chi connectivity index (χ2v) is 4.66. The van der Waals surface area contributed by atoms with Gasteiger partial charge in [-0.05, 0) is 24.3 Å². The zero-order valence-electron chi connectivity index (χ0n) is 8.75. The largest absolute Gasteiger partial charge is 0.296 e. The van der Waals surface area contributed by atoms with Crippen molar-refractivity contribution in [1.82, 2.24) is 4.98 Å². The Morgan fingerprint density at radius 1 is 1.11 bits per heavy atom. The molecule has 2 rings (SSSR count). The van der Waals surface area contributed by atoms with E-state index in [0.29, 0.717) is 16.9 Å². The summed E-state index contributed by atoms with van der Waals surface area (Å²) >= 11 is 17.7. The minimum atomic E-state index is -0.806. The number of hydrogen-bond acceptors (Lipinski definition) is 2. The Morgan fingerprint density at radius 3 is 2.44 bits per heavy atom. The first-order chi connectivity index (χ1) is 8.52. The molecular formula is C12H5Cl3FNO. The summed E-state index contributed by atoms with van der Waals surface area (Å²) in [6.07, 6.45) is 0.458. The minimum Gasteiger partial charge on any atom is -0.296 e. The maximum Gasteiger partial charge on any atom is 0.221 e. The van der Waals surface area contributed by atoms with Crippen LogP contribution in [0.4, 0.5) is 4.39 Å². The molecule has 1 heterocycles. The monoisotopic (exact) mass is 303 g/mol. The lowest BCUT2D eigenvalue weighted by Crippen LogP contribution is -1.95. The molecule has 0 fully saturated rings. The zero-order valence-corrected chi connectivity index (χ0v) is 11.0. The predicted octanol–water partition coefficient (Wildman–Crippen LogP) is 4.66. The summed E-state index contributed by atoms with van der Waals surface area (Å²) in [4.78, 5) is 14.0. The quantitative estimate of drug-likeness (QED) is 0.459. The third-order valence-electron chi connectivity index (χ3n) is 2.27. The molecule has 0 saturated heterocycles. The van der Waals surface area contributed by atoms with Gasteiger partial charge in [0.15, 0.2) is 6.29 Å². The average molecular weight is 305 g/mol. The van der Waals surface area contributed by atoms with E-state index in [2.05, 4.69) is 4.98 Å². The molecule has 0 aliphatic rings. The van der Waals surface area contributed by atoms with Crippen LogP contribution in [-0.4, -0.2) is 11.3 Å². The molecule has 0 amide bonds. The van der Waals surface area contributed by atoms with Gasteiger partial charge < -0.3 is 0 Å². The molecule has 0 aliphatic heterocycles. The van der Waals surface area contributed by atoms with Crippen molar-refractivity contribution >= 4 is 41.1 Å². The second-order valence-electron chi connectivity index (χ2n) is 3.44. The molecule has 18 heavy (non-hydrogen) atoms. The number of nitrogens with zero attached hydrogens (tertiary/aromatic N) is 1. The van der Waals surface area contributed by atoms with E-state index in [-0.39, 0.29) is 21.3 Å². The maximum atomic E-state index is 13.8. The van der Waals surface area contributed by atoms with Crippen molar-refractivity contribution in [1.29, 1.82) is 0 Å². The number of pyridine rings is 1. The van der Waals surface area contributed by atoms with Gasteiger partial charge in [0, 0.05) is 16.1 Å². The SMILES string of the molecule is O=Cc1ccc(-c2cc(Cl)cc(Cl)c2Cl)c(F)n1. The van der Waals surface area contributed by atoms with Crippen molar-refractivity contribution in [3.8, 4) is 11.1 Å². The molecule has 0 N–H and O–H groups in total. The predicted molar refractivity (Wildman–Crippen MR) is 70.0 cm³/mol. The molecule has 2 aromatic rings. The summed E-state index contributed by atoms with van der Waals surface area (Å²) in [5.74, 6) is -0.806. The minimum absolute atomic E-state index is 0.000461. The fraction of sp³-hybridized carbons (Fsp3) is 0. The Kier molecular flexibility index (Phi) is 3.85.